The minimum atomic E-state index is -0.357. The Morgan fingerprint density at radius 3 is 1.99 bits per heavy atom. The minimum Gasteiger partial charge on any atom is -0.378 e. The Hall–Kier alpha value is -8.24. The Bertz CT molecular complexity index is 3310. The highest BCUT2D eigenvalue weighted by Crippen LogP contribution is 2.31. The van der Waals surface area contributed by atoms with Crippen LogP contribution in [0.25, 0.3) is 22.1 Å². The molecule has 8 aromatic rings. The van der Waals surface area contributed by atoms with E-state index < -0.39 is 0 Å². The van der Waals surface area contributed by atoms with Gasteiger partial charge in [-0.3, -0.25) is 14.7 Å². The van der Waals surface area contributed by atoms with Crippen LogP contribution < -0.4 is 35.6 Å². The number of H-pyrrole nitrogens is 1. The summed E-state index contributed by atoms with van der Waals surface area (Å²) in [6.45, 7) is 19.2. The lowest BCUT2D eigenvalue weighted by Crippen LogP contribution is -2.39. The number of aromatic nitrogens is 11. The van der Waals surface area contributed by atoms with Gasteiger partial charge in [0.25, 0.3) is 24.0 Å². The van der Waals surface area contributed by atoms with Crippen LogP contribution in [0.4, 0.5) is 46.5 Å². The maximum Gasteiger partial charge on any atom is 0.289 e. The number of benzene rings is 2. The Balaban J connectivity index is 1.01. The van der Waals surface area contributed by atoms with E-state index in [0.29, 0.717) is 138 Å². The zero-order valence-electron chi connectivity index (χ0n) is 41.2. The fourth-order valence-electron chi connectivity index (χ4n) is 8.13. The van der Waals surface area contributed by atoms with Crippen LogP contribution in [0.2, 0.25) is 0 Å². The summed E-state index contributed by atoms with van der Waals surface area (Å²) >= 11 is 0. The van der Waals surface area contributed by atoms with E-state index in [9.17, 15) is 9.59 Å². The fourth-order valence-corrected chi connectivity index (χ4v) is 8.13. The summed E-state index contributed by atoms with van der Waals surface area (Å²) in [7, 11) is 0. The molecule has 2 aliphatic heterocycles. The van der Waals surface area contributed by atoms with Crippen LogP contribution in [0.3, 0.4) is 0 Å². The van der Waals surface area contributed by atoms with E-state index in [-0.39, 0.29) is 29.2 Å². The third-order valence-electron chi connectivity index (χ3n) is 12.4. The van der Waals surface area contributed by atoms with Crippen LogP contribution in [-0.4, -0.2) is 115 Å². The molecule has 22 heteroatoms. The molecule has 72 heavy (non-hydrogen) atoms. The SMILES string of the molecule is Cc1ccc(C(=O)Nc2cc(C(C)(C)C)on2)cc1Nc1nc[n+](Cc2ccc(C(=O)Nc3cc(C(C)(C)C)[nH]n3)cc2Nc2ncnc3cnc(N4CCOCC4)nc23)c2cnc(N3CCOCC3)nc12. The molecule has 0 bridgehead atoms. The molecular formula is C50H56N17O5+. The second kappa shape index (κ2) is 19.5. The molecule has 6 aromatic heterocycles. The maximum absolute atomic E-state index is 14.0. The molecule has 22 nitrogen and oxygen atoms in total. The maximum atomic E-state index is 14.0. The predicted octanol–water partition coefficient (Wildman–Crippen LogP) is 6.37. The van der Waals surface area contributed by atoms with Gasteiger partial charge in [0.1, 0.15) is 29.7 Å². The number of carbonyl (C=O) groups is 2. The van der Waals surface area contributed by atoms with Crippen molar-refractivity contribution in [3.63, 3.8) is 0 Å². The third kappa shape index (κ3) is 10.3. The first-order valence-electron chi connectivity index (χ1n) is 23.7. The van der Waals surface area contributed by atoms with Crippen molar-refractivity contribution in [3.05, 3.63) is 107 Å². The molecular weight excluding hydrogens is 919 g/mol. The molecule has 0 atom stereocenters. The van der Waals surface area contributed by atoms with E-state index in [1.54, 1.807) is 49.1 Å². The van der Waals surface area contributed by atoms with E-state index in [0.717, 1.165) is 16.8 Å². The highest BCUT2D eigenvalue weighted by molar-refractivity contribution is 6.05. The number of fused-ring (bicyclic) bond motifs is 2. The molecule has 2 aromatic carbocycles. The van der Waals surface area contributed by atoms with Gasteiger partial charge < -0.3 is 45.1 Å². The summed E-state index contributed by atoms with van der Waals surface area (Å²) in [5.74, 6) is 2.61. The van der Waals surface area contributed by atoms with Crippen LogP contribution in [0.5, 0.6) is 0 Å². The molecule has 2 aliphatic rings. The minimum absolute atomic E-state index is 0.195. The van der Waals surface area contributed by atoms with Crippen LogP contribution in [0.1, 0.15) is 84.8 Å². The van der Waals surface area contributed by atoms with Gasteiger partial charge in [-0.15, -0.1) is 0 Å². The molecule has 10 rings (SSSR count). The Morgan fingerprint density at radius 2 is 1.32 bits per heavy atom. The van der Waals surface area contributed by atoms with Gasteiger partial charge in [0.05, 0.1) is 38.8 Å². The number of morpholine rings is 2. The molecule has 0 unspecified atom stereocenters. The number of carbonyl (C=O) groups excluding carboxylic acids is 2. The zero-order chi connectivity index (χ0) is 50.1. The van der Waals surface area contributed by atoms with Crippen molar-refractivity contribution < 1.29 is 28.2 Å². The van der Waals surface area contributed by atoms with Gasteiger partial charge in [0, 0.05) is 82.9 Å². The van der Waals surface area contributed by atoms with E-state index in [2.05, 4.69) is 82.1 Å². The molecule has 8 heterocycles. The van der Waals surface area contributed by atoms with Gasteiger partial charge >= 0.3 is 0 Å². The number of aromatic amines is 1. The molecule has 2 amide bonds. The summed E-state index contributed by atoms with van der Waals surface area (Å²) in [6.07, 6.45) is 6.63. The van der Waals surface area contributed by atoms with E-state index in [4.69, 9.17) is 33.9 Å². The number of aryl methyl sites for hydroxylation is 1. The van der Waals surface area contributed by atoms with Crippen molar-refractivity contribution in [3.8, 4) is 0 Å². The Labute approximate surface area is 414 Å². The number of rotatable bonds is 12. The van der Waals surface area contributed by atoms with Gasteiger partial charge in [-0.1, -0.05) is 58.8 Å². The second-order valence-corrected chi connectivity index (χ2v) is 19.8. The second-order valence-electron chi connectivity index (χ2n) is 19.8. The fraction of sp³-hybridized carbons (Fsp3) is 0.360. The number of anilines is 8. The van der Waals surface area contributed by atoms with Crippen LogP contribution in [0, 0.1) is 6.92 Å². The summed E-state index contributed by atoms with van der Waals surface area (Å²) in [6, 6.07) is 14.4. The molecule has 370 valence electrons. The molecule has 2 fully saturated rings. The summed E-state index contributed by atoms with van der Waals surface area (Å²) in [5.41, 5.74) is 6.31. The average Bonchev–Trinajstić information content (AvgIpc) is 4.07. The van der Waals surface area contributed by atoms with Gasteiger partial charge in [0.15, 0.2) is 28.5 Å². The number of nitrogens with one attached hydrogen (secondary N) is 5. The summed E-state index contributed by atoms with van der Waals surface area (Å²) in [4.78, 5) is 65.3. The molecule has 5 N–H and O–H groups in total. The molecule has 0 radical (unpaired) electrons. The summed E-state index contributed by atoms with van der Waals surface area (Å²) < 4.78 is 18.7. The smallest absolute Gasteiger partial charge is 0.289 e. The average molecular weight is 975 g/mol. The van der Waals surface area contributed by atoms with E-state index >= 15 is 0 Å². The topological polar surface area (TPSA) is 256 Å². The van der Waals surface area contributed by atoms with Crippen LogP contribution >= 0.6 is 0 Å². The van der Waals surface area contributed by atoms with Crippen molar-refractivity contribution in [2.75, 3.05) is 83.7 Å². The van der Waals surface area contributed by atoms with Crippen LogP contribution in [0.15, 0.2) is 78.1 Å². The largest absolute Gasteiger partial charge is 0.378 e. The van der Waals surface area contributed by atoms with Crippen molar-refractivity contribution >= 4 is 80.4 Å². The van der Waals surface area contributed by atoms with Crippen molar-refractivity contribution in [2.45, 2.75) is 65.8 Å². The van der Waals surface area contributed by atoms with Gasteiger partial charge in [-0.2, -0.15) is 5.10 Å². The number of hydrogen-bond acceptors (Lipinski definition) is 18. The zero-order valence-corrected chi connectivity index (χ0v) is 41.2. The first-order valence-corrected chi connectivity index (χ1v) is 23.7. The first-order chi connectivity index (χ1) is 34.6. The highest BCUT2D eigenvalue weighted by atomic mass is 16.5. The van der Waals surface area contributed by atoms with Gasteiger partial charge in [-0.05, 0) is 41.7 Å². The first kappa shape index (κ1) is 47.4. The highest BCUT2D eigenvalue weighted by Gasteiger charge is 2.26. The quantitative estimate of drug-likeness (QED) is 0.0833. The monoisotopic (exact) mass is 974 g/mol. The molecule has 0 saturated carbocycles. The van der Waals surface area contributed by atoms with E-state index in [1.165, 1.54) is 6.33 Å². The van der Waals surface area contributed by atoms with Crippen LogP contribution in [-0.2, 0) is 26.8 Å². The van der Waals surface area contributed by atoms with Crippen molar-refractivity contribution in [2.24, 2.45) is 0 Å². The predicted molar refractivity (Wildman–Crippen MR) is 270 cm³/mol. The standard InChI is InChI=1S/C50H55N17O5/c1-29-8-9-30(46(69)59-40-23-38(72-64-40)50(5,6)7)20-33(29)56-44-42-36(25-52-48(61-42)66-14-18-71-19-15-66)67(28-55-44)26-32-11-10-31(45(68)58-39-22-37(62-63-39)49(2,3)4)21-34(32)57-43-41-35(53-27-54-43)24-51-47(60-41)65-12-16-70-17-13-65/h8-11,20-25,27-28H,12-19,26H2,1-7H3,(H4,51,52,53,54,56,57,58,59,60,61,62,63,64,68,69)/p+1. The number of ether oxygens (including phenoxy) is 2. The normalized spacial score (nSPS) is 14.4. The van der Waals surface area contributed by atoms with Crippen molar-refractivity contribution in [1.82, 2.24) is 50.2 Å². The number of hydrogen-bond donors (Lipinski definition) is 5. The number of nitrogens with zero attached hydrogens (tertiary/aromatic N) is 12. The molecule has 2 saturated heterocycles. The van der Waals surface area contributed by atoms with Gasteiger partial charge in [-0.25, -0.2) is 34.5 Å². The lowest BCUT2D eigenvalue weighted by atomic mass is 9.92. The molecule has 0 aliphatic carbocycles. The Kier molecular flexibility index (Phi) is 12.9. The van der Waals surface area contributed by atoms with Gasteiger partial charge in [0.2, 0.25) is 11.9 Å². The van der Waals surface area contributed by atoms with E-state index in [1.807, 2.05) is 50.5 Å². The summed E-state index contributed by atoms with van der Waals surface area (Å²) in [5, 5.41) is 24.3. The third-order valence-corrected chi connectivity index (χ3v) is 12.4. The molecule has 0 spiro atoms. The van der Waals surface area contributed by atoms with Crippen molar-refractivity contribution in [1.29, 1.82) is 0 Å². The Morgan fingerprint density at radius 1 is 0.694 bits per heavy atom. The lowest BCUT2D eigenvalue weighted by Gasteiger charge is -2.26. The number of amides is 2. The lowest BCUT2D eigenvalue weighted by molar-refractivity contribution is -0.665.